The molecule has 2 fully saturated rings. The minimum Gasteiger partial charge on any atom is -0.377 e. The van der Waals surface area contributed by atoms with Crippen molar-refractivity contribution in [2.24, 2.45) is 0 Å². The summed E-state index contributed by atoms with van der Waals surface area (Å²) in [7, 11) is 0. The molecular weight excluding hydrogens is 214 g/mol. The molecule has 2 rings (SSSR count). The number of hydrogen-bond acceptors (Lipinski definition) is 3. The van der Waals surface area contributed by atoms with E-state index in [4.69, 9.17) is 9.47 Å². The van der Waals surface area contributed by atoms with Crippen LogP contribution in [0.1, 0.15) is 53.9 Å². The molecule has 0 aromatic rings. The Kier molecular flexibility index (Phi) is 3.54. The fourth-order valence-electron chi connectivity index (χ4n) is 3.24. The van der Waals surface area contributed by atoms with Crippen molar-refractivity contribution in [1.82, 2.24) is 5.32 Å². The highest BCUT2D eigenvalue weighted by molar-refractivity contribution is 5.00. The Bertz CT molecular complexity index is 269. The molecule has 0 bridgehead atoms. The normalized spacial score (nSPS) is 37.2. The van der Waals surface area contributed by atoms with Crippen LogP contribution in [0, 0.1) is 0 Å². The van der Waals surface area contributed by atoms with Crippen molar-refractivity contribution in [1.29, 1.82) is 0 Å². The van der Waals surface area contributed by atoms with E-state index >= 15 is 0 Å². The Hall–Kier alpha value is -0.120. The summed E-state index contributed by atoms with van der Waals surface area (Å²) in [6.45, 7) is 11.9. The molecule has 100 valence electrons. The van der Waals surface area contributed by atoms with Crippen LogP contribution in [0.4, 0.5) is 0 Å². The van der Waals surface area contributed by atoms with Crippen LogP contribution in [-0.4, -0.2) is 36.0 Å². The van der Waals surface area contributed by atoms with Gasteiger partial charge in [0.25, 0.3) is 0 Å². The second-order valence-corrected chi connectivity index (χ2v) is 6.73. The second kappa shape index (κ2) is 4.52. The van der Waals surface area contributed by atoms with Gasteiger partial charge >= 0.3 is 0 Å². The van der Waals surface area contributed by atoms with E-state index in [9.17, 15) is 0 Å². The molecule has 0 aliphatic carbocycles. The van der Waals surface area contributed by atoms with E-state index in [2.05, 4.69) is 39.9 Å². The van der Waals surface area contributed by atoms with Crippen molar-refractivity contribution in [3.63, 3.8) is 0 Å². The SMILES string of the molecule is CC(NC1CC(C)(C)OC1(C)C)C1CCCO1. The van der Waals surface area contributed by atoms with Crippen molar-refractivity contribution in [3.05, 3.63) is 0 Å². The van der Waals surface area contributed by atoms with Crippen LogP contribution >= 0.6 is 0 Å². The predicted molar refractivity (Wildman–Crippen MR) is 69.2 cm³/mol. The Morgan fingerprint density at radius 3 is 2.41 bits per heavy atom. The van der Waals surface area contributed by atoms with Crippen LogP contribution in [0.15, 0.2) is 0 Å². The van der Waals surface area contributed by atoms with Crippen molar-refractivity contribution in [2.45, 2.75) is 83.3 Å². The molecule has 0 amide bonds. The molecule has 3 heteroatoms. The maximum absolute atomic E-state index is 6.11. The summed E-state index contributed by atoms with van der Waals surface area (Å²) < 4.78 is 11.9. The average molecular weight is 241 g/mol. The van der Waals surface area contributed by atoms with Crippen LogP contribution in [0.2, 0.25) is 0 Å². The van der Waals surface area contributed by atoms with Crippen LogP contribution in [0.5, 0.6) is 0 Å². The molecule has 0 saturated carbocycles. The summed E-state index contributed by atoms with van der Waals surface area (Å²) >= 11 is 0. The first-order chi connectivity index (χ1) is 7.80. The fourth-order valence-corrected chi connectivity index (χ4v) is 3.24. The molecule has 0 aromatic heterocycles. The third kappa shape index (κ3) is 3.01. The molecule has 2 saturated heterocycles. The topological polar surface area (TPSA) is 30.5 Å². The van der Waals surface area contributed by atoms with Gasteiger partial charge in [0.15, 0.2) is 0 Å². The third-order valence-corrected chi connectivity index (χ3v) is 4.06. The molecule has 17 heavy (non-hydrogen) atoms. The van der Waals surface area contributed by atoms with Crippen molar-refractivity contribution >= 4 is 0 Å². The molecule has 0 radical (unpaired) electrons. The highest BCUT2D eigenvalue weighted by Gasteiger charge is 2.46. The summed E-state index contributed by atoms with van der Waals surface area (Å²) in [5.41, 5.74) is -0.103. The zero-order valence-corrected chi connectivity index (χ0v) is 11.9. The third-order valence-electron chi connectivity index (χ3n) is 4.06. The van der Waals surface area contributed by atoms with Gasteiger partial charge in [-0.25, -0.2) is 0 Å². The summed E-state index contributed by atoms with van der Waals surface area (Å²) in [5.74, 6) is 0. The fraction of sp³-hybridized carbons (Fsp3) is 1.00. The van der Waals surface area contributed by atoms with Crippen LogP contribution in [0.3, 0.4) is 0 Å². The lowest BCUT2D eigenvalue weighted by Gasteiger charge is -2.31. The van der Waals surface area contributed by atoms with Gasteiger partial charge < -0.3 is 14.8 Å². The highest BCUT2D eigenvalue weighted by Crippen LogP contribution is 2.37. The molecule has 1 N–H and O–H groups in total. The predicted octanol–water partition coefficient (Wildman–Crippen LogP) is 2.49. The lowest BCUT2D eigenvalue weighted by molar-refractivity contribution is -0.0713. The number of ether oxygens (including phenoxy) is 2. The summed E-state index contributed by atoms with van der Waals surface area (Å²) in [6, 6.07) is 0.830. The van der Waals surface area contributed by atoms with Gasteiger partial charge in [0.05, 0.1) is 17.3 Å². The molecule has 3 unspecified atom stereocenters. The minimum atomic E-state index is -0.0869. The molecule has 2 aliphatic rings. The van der Waals surface area contributed by atoms with Gasteiger partial charge in [-0.15, -0.1) is 0 Å². The van der Waals surface area contributed by atoms with Crippen molar-refractivity contribution in [3.8, 4) is 0 Å². The lowest BCUT2D eigenvalue weighted by atomic mass is 9.93. The molecule has 3 nitrogen and oxygen atoms in total. The molecule has 0 spiro atoms. The molecule has 3 atom stereocenters. The average Bonchev–Trinajstić information content (AvgIpc) is 2.72. The molecule has 0 aromatic carbocycles. The Morgan fingerprint density at radius 2 is 1.94 bits per heavy atom. The van der Waals surface area contributed by atoms with Crippen molar-refractivity contribution < 1.29 is 9.47 Å². The first-order valence-corrected chi connectivity index (χ1v) is 6.88. The van der Waals surface area contributed by atoms with E-state index < -0.39 is 0 Å². The summed E-state index contributed by atoms with van der Waals surface area (Å²) in [6.07, 6.45) is 3.84. The van der Waals surface area contributed by atoms with Gasteiger partial charge in [0, 0.05) is 18.7 Å². The van der Waals surface area contributed by atoms with Gasteiger partial charge in [0.1, 0.15) is 0 Å². The van der Waals surface area contributed by atoms with E-state index in [1.165, 1.54) is 12.8 Å². The molecule has 2 heterocycles. The van der Waals surface area contributed by atoms with E-state index in [0.29, 0.717) is 18.2 Å². The van der Waals surface area contributed by atoms with Gasteiger partial charge in [-0.05, 0) is 53.9 Å². The monoisotopic (exact) mass is 241 g/mol. The zero-order valence-electron chi connectivity index (χ0n) is 11.9. The summed E-state index contributed by atoms with van der Waals surface area (Å²) in [5, 5.41) is 3.72. The lowest BCUT2D eigenvalue weighted by Crippen LogP contribution is -2.50. The Morgan fingerprint density at radius 1 is 1.24 bits per heavy atom. The standard InChI is InChI=1S/C14H27NO2/c1-10(11-7-6-8-16-11)15-12-9-13(2,3)17-14(12,4)5/h10-12,15H,6-9H2,1-5H3. The smallest absolute Gasteiger partial charge is 0.0787 e. The van der Waals surface area contributed by atoms with Gasteiger partial charge in [-0.1, -0.05) is 0 Å². The van der Waals surface area contributed by atoms with E-state index in [1.54, 1.807) is 0 Å². The molecule has 2 aliphatic heterocycles. The van der Waals surface area contributed by atoms with E-state index in [1.807, 2.05) is 0 Å². The van der Waals surface area contributed by atoms with E-state index in [0.717, 1.165) is 13.0 Å². The first-order valence-electron chi connectivity index (χ1n) is 6.88. The maximum Gasteiger partial charge on any atom is 0.0787 e. The number of hydrogen-bond donors (Lipinski definition) is 1. The van der Waals surface area contributed by atoms with Crippen LogP contribution in [-0.2, 0) is 9.47 Å². The van der Waals surface area contributed by atoms with Crippen LogP contribution in [0.25, 0.3) is 0 Å². The Labute approximate surface area is 105 Å². The maximum atomic E-state index is 6.11. The van der Waals surface area contributed by atoms with Crippen LogP contribution < -0.4 is 5.32 Å². The minimum absolute atomic E-state index is 0.0164. The van der Waals surface area contributed by atoms with Gasteiger partial charge in [0.2, 0.25) is 0 Å². The van der Waals surface area contributed by atoms with Crippen molar-refractivity contribution in [2.75, 3.05) is 6.61 Å². The second-order valence-electron chi connectivity index (χ2n) is 6.73. The quantitative estimate of drug-likeness (QED) is 0.823. The Balaban J connectivity index is 1.94. The summed E-state index contributed by atoms with van der Waals surface area (Å²) in [4.78, 5) is 0. The van der Waals surface area contributed by atoms with Gasteiger partial charge in [-0.2, -0.15) is 0 Å². The van der Waals surface area contributed by atoms with Gasteiger partial charge in [-0.3, -0.25) is 0 Å². The zero-order chi connectivity index (χ0) is 12.7. The number of nitrogens with one attached hydrogen (secondary N) is 1. The van der Waals surface area contributed by atoms with E-state index in [-0.39, 0.29) is 11.2 Å². The number of rotatable bonds is 3. The first kappa shape index (κ1) is 13.3. The largest absolute Gasteiger partial charge is 0.377 e. The highest BCUT2D eigenvalue weighted by atomic mass is 16.5. The molecular formula is C14H27NO2.